The summed E-state index contributed by atoms with van der Waals surface area (Å²) in [7, 11) is 0. The molecule has 190 valence electrons. The molecular formula is C30H21F3N2O3. The van der Waals surface area contributed by atoms with Crippen molar-refractivity contribution in [2.75, 3.05) is 0 Å². The third kappa shape index (κ3) is 5.15. The predicted octanol–water partition coefficient (Wildman–Crippen LogP) is 6.59. The molecule has 0 spiro atoms. The average molecular weight is 515 g/mol. The molecule has 0 radical (unpaired) electrons. The smallest absolute Gasteiger partial charge is 0.416 e. The molecule has 5 aromatic rings. The minimum absolute atomic E-state index is 0.0665. The number of hydrogen-bond donors (Lipinski definition) is 1. The van der Waals surface area contributed by atoms with Gasteiger partial charge in [0.15, 0.2) is 5.65 Å². The van der Waals surface area contributed by atoms with Gasteiger partial charge in [0.05, 0.1) is 16.5 Å². The van der Waals surface area contributed by atoms with Gasteiger partial charge in [-0.1, -0.05) is 84.9 Å². The summed E-state index contributed by atoms with van der Waals surface area (Å²) in [6.07, 6.45) is 0.389. The maximum Gasteiger partial charge on any atom is 0.416 e. The molecule has 0 atom stereocenters. The average Bonchev–Trinajstić information content (AvgIpc) is 2.93. The van der Waals surface area contributed by atoms with E-state index in [0.717, 1.165) is 22.4 Å². The van der Waals surface area contributed by atoms with Crippen LogP contribution in [0, 0.1) is 0 Å². The third-order valence-corrected chi connectivity index (χ3v) is 5.94. The van der Waals surface area contributed by atoms with Crippen LogP contribution in [0.5, 0.6) is 5.75 Å². The van der Waals surface area contributed by atoms with Crippen molar-refractivity contribution in [2.24, 2.45) is 0 Å². The number of rotatable bonds is 6. The lowest BCUT2D eigenvalue weighted by Crippen LogP contribution is -2.29. The van der Waals surface area contributed by atoms with E-state index in [0.29, 0.717) is 16.7 Å². The van der Waals surface area contributed by atoms with Gasteiger partial charge in [-0.25, -0.2) is 4.98 Å². The molecule has 5 nitrogen and oxygen atoms in total. The number of alkyl halides is 3. The molecule has 1 N–H and O–H groups in total. The molecule has 2 heterocycles. The largest absolute Gasteiger partial charge is 0.506 e. The Balaban J connectivity index is 1.57. The van der Waals surface area contributed by atoms with Gasteiger partial charge >= 0.3 is 6.18 Å². The quantitative estimate of drug-likeness (QED) is 0.278. The summed E-state index contributed by atoms with van der Waals surface area (Å²) in [5.41, 5.74) is 1.40. The number of halogens is 3. The molecule has 0 bridgehead atoms. The summed E-state index contributed by atoms with van der Waals surface area (Å²) >= 11 is 0. The molecule has 2 aromatic heterocycles. The van der Waals surface area contributed by atoms with E-state index in [-0.39, 0.29) is 29.0 Å². The first kappa shape index (κ1) is 24.8. The van der Waals surface area contributed by atoms with Gasteiger partial charge in [0, 0.05) is 6.20 Å². The van der Waals surface area contributed by atoms with Crippen molar-refractivity contribution < 1.29 is 23.1 Å². The number of benzene rings is 3. The second-order valence-electron chi connectivity index (χ2n) is 8.54. The fourth-order valence-corrected chi connectivity index (χ4v) is 4.01. The van der Waals surface area contributed by atoms with E-state index in [4.69, 9.17) is 4.84 Å². The van der Waals surface area contributed by atoms with Crippen LogP contribution in [0.1, 0.15) is 22.3 Å². The van der Waals surface area contributed by atoms with Crippen molar-refractivity contribution in [1.82, 2.24) is 9.71 Å². The lowest BCUT2D eigenvalue weighted by Gasteiger charge is -2.15. The number of aromatic nitrogens is 2. The van der Waals surface area contributed by atoms with E-state index in [1.165, 1.54) is 18.3 Å². The molecule has 38 heavy (non-hydrogen) atoms. The normalized spacial score (nSPS) is 11.8. The lowest BCUT2D eigenvalue weighted by atomic mass is 10.0. The van der Waals surface area contributed by atoms with Crippen LogP contribution in [-0.4, -0.2) is 14.8 Å². The van der Waals surface area contributed by atoms with E-state index >= 15 is 0 Å². The van der Waals surface area contributed by atoms with Crippen molar-refractivity contribution in [2.45, 2.75) is 12.8 Å². The molecule has 5 rings (SSSR count). The Morgan fingerprint density at radius 3 is 2.16 bits per heavy atom. The van der Waals surface area contributed by atoms with Crippen LogP contribution in [-0.2, 0) is 12.8 Å². The first-order valence-electron chi connectivity index (χ1n) is 11.7. The lowest BCUT2D eigenvalue weighted by molar-refractivity contribution is -0.137. The third-order valence-electron chi connectivity index (χ3n) is 5.94. The van der Waals surface area contributed by atoms with Gasteiger partial charge in [0.1, 0.15) is 12.4 Å². The maximum atomic E-state index is 13.5. The fourth-order valence-electron chi connectivity index (χ4n) is 4.01. The molecule has 3 aromatic carbocycles. The van der Waals surface area contributed by atoms with Crippen molar-refractivity contribution in [3.05, 3.63) is 130 Å². The van der Waals surface area contributed by atoms with E-state index in [2.05, 4.69) is 4.98 Å². The summed E-state index contributed by atoms with van der Waals surface area (Å²) in [5.74, 6) is -0.243. The van der Waals surface area contributed by atoms with Gasteiger partial charge < -0.3 is 9.94 Å². The minimum Gasteiger partial charge on any atom is -0.506 e. The van der Waals surface area contributed by atoms with Gasteiger partial charge in [0.25, 0.3) is 5.56 Å². The Morgan fingerprint density at radius 2 is 1.50 bits per heavy atom. The van der Waals surface area contributed by atoms with E-state index in [1.807, 2.05) is 30.3 Å². The van der Waals surface area contributed by atoms with Gasteiger partial charge in [-0.2, -0.15) is 13.2 Å². The van der Waals surface area contributed by atoms with Crippen LogP contribution in [0.25, 0.3) is 34.3 Å². The van der Waals surface area contributed by atoms with Crippen molar-refractivity contribution in [1.29, 1.82) is 0 Å². The summed E-state index contributed by atoms with van der Waals surface area (Å²) in [4.78, 5) is 23.7. The van der Waals surface area contributed by atoms with Crippen LogP contribution in [0.3, 0.4) is 0 Å². The summed E-state index contributed by atoms with van der Waals surface area (Å²) in [6.45, 7) is 0.103. The molecule has 0 fully saturated rings. The molecular weight excluding hydrogens is 493 g/mol. The second kappa shape index (κ2) is 10.3. The highest BCUT2D eigenvalue weighted by atomic mass is 19.4. The van der Waals surface area contributed by atoms with E-state index < -0.39 is 17.3 Å². The van der Waals surface area contributed by atoms with Gasteiger partial charge in [-0.15, -0.1) is 4.73 Å². The van der Waals surface area contributed by atoms with Gasteiger partial charge in [-0.05, 0) is 40.5 Å². The zero-order valence-corrected chi connectivity index (χ0v) is 19.9. The fraction of sp³-hybridized carbons (Fsp3) is 0.0667. The highest BCUT2D eigenvalue weighted by Crippen LogP contribution is 2.33. The Labute approximate surface area is 215 Å². The van der Waals surface area contributed by atoms with Crippen molar-refractivity contribution in [3.63, 3.8) is 0 Å². The second-order valence-corrected chi connectivity index (χ2v) is 8.54. The monoisotopic (exact) mass is 514 g/mol. The molecule has 0 aliphatic rings. The summed E-state index contributed by atoms with van der Waals surface area (Å²) in [5, 5.41) is 11.5. The highest BCUT2D eigenvalue weighted by molar-refractivity contribution is 5.91. The molecule has 0 saturated heterocycles. The van der Waals surface area contributed by atoms with Gasteiger partial charge in [-0.3, -0.25) is 4.79 Å². The number of aromatic hydroxyl groups is 1. The first-order valence-corrected chi connectivity index (χ1v) is 11.7. The molecule has 0 saturated carbocycles. The highest BCUT2D eigenvalue weighted by Gasteiger charge is 2.29. The Morgan fingerprint density at radius 1 is 0.868 bits per heavy atom. The van der Waals surface area contributed by atoms with Crippen LogP contribution in [0.2, 0.25) is 0 Å². The zero-order valence-electron chi connectivity index (χ0n) is 19.9. The molecule has 8 heteroatoms. The molecule has 0 amide bonds. The van der Waals surface area contributed by atoms with Crippen LogP contribution < -0.4 is 10.4 Å². The summed E-state index contributed by atoms with van der Waals surface area (Å²) < 4.78 is 39.6. The van der Waals surface area contributed by atoms with E-state index in [9.17, 15) is 23.1 Å². The molecule has 0 aliphatic carbocycles. The topological polar surface area (TPSA) is 64.3 Å². The number of fused-ring (bicyclic) bond motifs is 1. The van der Waals surface area contributed by atoms with Crippen molar-refractivity contribution in [3.8, 4) is 16.9 Å². The molecule has 0 aliphatic heterocycles. The Hall–Kier alpha value is -4.85. The van der Waals surface area contributed by atoms with Crippen LogP contribution in [0.15, 0.2) is 102 Å². The zero-order chi connectivity index (χ0) is 26.7. The maximum absolute atomic E-state index is 13.5. The Kier molecular flexibility index (Phi) is 6.70. The van der Waals surface area contributed by atoms with Crippen LogP contribution >= 0.6 is 0 Å². The minimum atomic E-state index is -4.41. The number of hydrogen-bond acceptors (Lipinski definition) is 4. The van der Waals surface area contributed by atoms with Crippen molar-refractivity contribution >= 4 is 23.2 Å². The molecule has 0 unspecified atom stereocenters. The van der Waals surface area contributed by atoms with Gasteiger partial charge in [0.2, 0.25) is 0 Å². The number of nitrogens with zero attached hydrogens (tertiary/aromatic N) is 2. The number of pyridine rings is 2. The standard InChI is InChI=1S/C30H21F3N2O3/c31-30(32,33)24-15-13-20(14-16-24)11-12-22-17-25-27(36)26(23-9-5-2-6-10-23)29(37)35(28(25)34-18-22)38-19-21-7-3-1-4-8-21/h1-18,36H,19H2/b12-11+. The SMILES string of the molecule is O=c1c(-c2ccccc2)c(O)c2cc(/C=C/c3ccc(C(F)(F)F)cc3)cnc2n1OCc1ccccc1. The van der Waals surface area contributed by atoms with E-state index in [1.54, 1.807) is 48.6 Å². The predicted molar refractivity (Wildman–Crippen MR) is 140 cm³/mol. The van der Waals surface area contributed by atoms with Crippen LogP contribution in [0.4, 0.5) is 13.2 Å². The Bertz CT molecular complexity index is 1660. The summed E-state index contributed by atoms with van der Waals surface area (Å²) in [6, 6.07) is 24.5. The first-order chi connectivity index (χ1) is 18.3.